The van der Waals surface area contributed by atoms with E-state index in [9.17, 15) is 0 Å². The lowest BCUT2D eigenvalue weighted by Gasteiger charge is -2.12. The van der Waals surface area contributed by atoms with Crippen molar-refractivity contribution < 1.29 is 0 Å². The molecule has 1 aromatic carbocycles. The lowest BCUT2D eigenvalue weighted by molar-refractivity contribution is 0.382. The van der Waals surface area contributed by atoms with Crippen molar-refractivity contribution in [2.45, 2.75) is 11.4 Å². The van der Waals surface area contributed by atoms with Crippen molar-refractivity contribution in [3.05, 3.63) is 29.8 Å². The molecule has 0 heterocycles. The van der Waals surface area contributed by atoms with E-state index in [0.29, 0.717) is 6.00 Å². The Balaban J connectivity index is 2.58. The lowest BCUT2D eigenvalue weighted by Crippen LogP contribution is -2.15. The molecule has 0 bridgehead atoms. The quantitative estimate of drug-likeness (QED) is 0.432. The van der Waals surface area contributed by atoms with Gasteiger partial charge in [-0.2, -0.15) is 0 Å². The first-order chi connectivity index (χ1) is 6.26. The molecule has 0 aliphatic carbocycles. The molecule has 0 N–H and O–H groups in total. The van der Waals surface area contributed by atoms with Crippen LogP contribution in [0.4, 0.5) is 0 Å². The van der Waals surface area contributed by atoms with Crippen LogP contribution >= 0.6 is 23.4 Å². The number of benzene rings is 1. The third-order valence-electron chi connectivity index (χ3n) is 1.82. The predicted molar refractivity (Wildman–Crippen MR) is 60.4 cm³/mol. The molecule has 0 spiro atoms. The first-order valence-electron chi connectivity index (χ1n) is 4.13. The number of hydrogen-bond acceptors (Lipinski definition) is 2. The van der Waals surface area contributed by atoms with Gasteiger partial charge in [-0.25, -0.2) is 0 Å². The van der Waals surface area contributed by atoms with E-state index in [4.69, 9.17) is 11.6 Å². The van der Waals surface area contributed by atoms with Crippen LogP contribution in [0.1, 0.15) is 5.56 Å². The number of alkyl halides is 1. The van der Waals surface area contributed by atoms with E-state index < -0.39 is 0 Å². The molecular weight excluding hydrogens is 202 g/mol. The van der Waals surface area contributed by atoms with Gasteiger partial charge in [-0.05, 0) is 31.0 Å². The third kappa shape index (κ3) is 3.59. The topological polar surface area (TPSA) is 3.24 Å². The molecule has 0 saturated carbocycles. The normalized spacial score (nSPS) is 10.8. The summed E-state index contributed by atoms with van der Waals surface area (Å²) in [6.07, 6.45) is 2.08. The fraction of sp³-hybridized carbons (Fsp3) is 0.400. The molecule has 1 nitrogen and oxygen atoms in total. The number of halogens is 1. The third-order valence-corrected chi connectivity index (χ3v) is 2.97. The summed E-state index contributed by atoms with van der Waals surface area (Å²) in [5, 5.41) is 0. The minimum Gasteiger partial charge on any atom is -0.289 e. The van der Waals surface area contributed by atoms with Gasteiger partial charge in [0, 0.05) is 11.4 Å². The van der Waals surface area contributed by atoms with Crippen LogP contribution in [0.3, 0.4) is 0 Å². The highest BCUT2D eigenvalue weighted by atomic mass is 35.5. The number of nitrogens with zero attached hydrogens (tertiary/aromatic N) is 1. The van der Waals surface area contributed by atoms with Gasteiger partial charge >= 0.3 is 0 Å². The lowest BCUT2D eigenvalue weighted by atomic mass is 10.2. The second-order valence-electron chi connectivity index (χ2n) is 2.98. The van der Waals surface area contributed by atoms with Crippen LogP contribution in [0.5, 0.6) is 0 Å². The highest BCUT2D eigenvalue weighted by Gasteiger charge is 1.97. The van der Waals surface area contributed by atoms with E-state index in [1.165, 1.54) is 10.5 Å². The van der Waals surface area contributed by atoms with E-state index in [1.807, 2.05) is 7.05 Å². The molecule has 0 aliphatic heterocycles. The summed E-state index contributed by atoms with van der Waals surface area (Å²) >= 11 is 7.44. The van der Waals surface area contributed by atoms with Crippen molar-refractivity contribution in [3.63, 3.8) is 0 Å². The molecule has 0 unspecified atom stereocenters. The van der Waals surface area contributed by atoms with Crippen molar-refractivity contribution in [2.24, 2.45) is 0 Å². The second kappa shape index (κ2) is 5.53. The number of hydrogen-bond donors (Lipinski definition) is 0. The number of rotatable bonds is 4. The zero-order chi connectivity index (χ0) is 9.68. The standard InChI is InChI=1S/C10H14ClNS/c1-12(8-11)7-9-3-5-10(13-2)6-4-9/h3-6H,7-8H2,1-2H3. The molecule has 0 aromatic heterocycles. The van der Waals surface area contributed by atoms with Gasteiger partial charge in [0.05, 0.1) is 6.00 Å². The Morgan fingerprint density at radius 3 is 2.38 bits per heavy atom. The second-order valence-corrected chi connectivity index (χ2v) is 4.10. The Kier molecular flexibility index (Phi) is 4.64. The van der Waals surface area contributed by atoms with Crippen molar-refractivity contribution in [1.29, 1.82) is 0 Å². The van der Waals surface area contributed by atoms with Crippen molar-refractivity contribution >= 4 is 23.4 Å². The Hall–Kier alpha value is -0.180. The van der Waals surface area contributed by atoms with Gasteiger partial charge in [0.1, 0.15) is 0 Å². The maximum absolute atomic E-state index is 5.68. The highest BCUT2D eigenvalue weighted by Crippen LogP contribution is 2.15. The Morgan fingerprint density at radius 2 is 1.92 bits per heavy atom. The monoisotopic (exact) mass is 215 g/mol. The SMILES string of the molecule is CSc1ccc(CN(C)CCl)cc1. The highest BCUT2D eigenvalue weighted by molar-refractivity contribution is 7.98. The van der Waals surface area contributed by atoms with Gasteiger partial charge in [-0.15, -0.1) is 23.4 Å². The van der Waals surface area contributed by atoms with Crippen LogP contribution in [0.15, 0.2) is 29.2 Å². The van der Waals surface area contributed by atoms with E-state index in [-0.39, 0.29) is 0 Å². The van der Waals surface area contributed by atoms with Crippen molar-refractivity contribution in [3.8, 4) is 0 Å². The summed E-state index contributed by atoms with van der Waals surface area (Å²) in [7, 11) is 2.01. The predicted octanol–water partition coefficient (Wildman–Crippen LogP) is 3.04. The number of thioether (sulfide) groups is 1. The van der Waals surface area contributed by atoms with Crippen LogP contribution in [-0.4, -0.2) is 24.2 Å². The van der Waals surface area contributed by atoms with E-state index in [1.54, 1.807) is 11.8 Å². The maximum atomic E-state index is 5.68. The zero-order valence-electron chi connectivity index (χ0n) is 7.96. The van der Waals surface area contributed by atoms with E-state index in [2.05, 4.69) is 35.4 Å². The molecule has 1 rings (SSSR count). The van der Waals surface area contributed by atoms with Gasteiger partial charge < -0.3 is 0 Å². The summed E-state index contributed by atoms with van der Waals surface area (Å²) < 4.78 is 0. The van der Waals surface area contributed by atoms with Crippen LogP contribution in [0.2, 0.25) is 0 Å². The molecule has 0 amide bonds. The average Bonchev–Trinajstić information content (AvgIpc) is 2.19. The van der Waals surface area contributed by atoms with E-state index in [0.717, 1.165) is 6.54 Å². The Bertz CT molecular complexity index is 248. The fourth-order valence-corrected chi connectivity index (χ4v) is 1.58. The molecule has 13 heavy (non-hydrogen) atoms. The fourth-order valence-electron chi connectivity index (χ4n) is 1.08. The molecule has 0 saturated heterocycles. The maximum Gasteiger partial charge on any atom is 0.0738 e. The summed E-state index contributed by atoms with van der Waals surface area (Å²) in [4.78, 5) is 3.37. The van der Waals surface area contributed by atoms with Gasteiger partial charge in [0.15, 0.2) is 0 Å². The average molecular weight is 216 g/mol. The Labute approximate surface area is 89.1 Å². The molecule has 0 atom stereocenters. The van der Waals surface area contributed by atoms with Crippen LogP contribution in [0, 0.1) is 0 Å². The summed E-state index contributed by atoms with van der Waals surface area (Å²) in [5.41, 5.74) is 1.31. The van der Waals surface area contributed by atoms with Gasteiger partial charge in [-0.3, -0.25) is 4.90 Å². The first kappa shape index (κ1) is 10.9. The molecule has 0 fully saturated rings. The van der Waals surface area contributed by atoms with Crippen molar-refractivity contribution in [1.82, 2.24) is 4.90 Å². The van der Waals surface area contributed by atoms with Gasteiger partial charge in [0.25, 0.3) is 0 Å². The minimum absolute atomic E-state index is 0.574. The van der Waals surface area contributed by atoms with Crippen molar-refractivity contribution in [2.75, 3.05) is 19.3 Å². The van der Waals surface area contributed by atoms with Crippen LogP contribution in [-0.2, 0) is 6.54 Å². The smallest absolute Gasteiger partial charge is 0.0738 e. The molecule has 1 aromatic rings. The molecule has 0 aliphatic rings. The molecular formula is C10H14ClNS. The molecule has 3 heteroatoms. The summed E-state index contributed by atoms with van der Waals surface area (Å²) in [6.45, 7) is 0.915. The van der Waals surface area contributed by atoms with Gasteiger partial charge in [-0.1, -0.05) is 12.1 Å². The Morgan fingerprint density at radius 1 is 1.31 bits per heavy atom. The van der Waals surface area contributed by atoms with Crippen LogP contribution in [0.25, 0.3) is 0 Å². The largest absolute Gasteiger partial charge is 0.289 e. The minimum atomic E-state index is 0.574. The molecule has 0 radical (unpaired) electrons. The summed E-state index contributed by atoms with van der Waals surface area (Å²) in [5.74, 6) is 0. The summed E-state index contributed by atoms with van der Waals surface area (Å²) in [6, 6.07) is 9.15. The zero-order valence-corrected chi connectivity index (χ0v) is 9.53. The van der Waals surface area contributed by atoms with Crippen LogP contribution < -0.4 is 0 Å². The first-order valence-corrected chi connectivity index (χ1v) is 5.89. The van der Waals surface area contributed by atoms with E-state index >= 15 is 0 Å². The molecule has 72 valence electrons. The van der Waals surface area contributed by atoms with Gasteiger partial charge in [0.2, 0.25) is 0 Å².